The van der Waals surface area contributed by atoms with Crippen molar-refractivity contribution in [3.63, 3.8) is 0 Å². The highest BCUT2D eigenvalue weighted by Crippen LogP contribution is 2.31. The maximum Gasteiger partial charge on any atom is 0.241 e. The third-order valence-electron chi connectivity index (χ3n) is 3.95. The molecular weight excluding hydrogens is 298 g/mol. The van der Waals surface area contributed by atoms with Crippen LogP contribution in [0.4, 0.5) is 0 Å². The third kappa shape index (κ3) is 3.46. The van der Waals surface area contributed by atoms with E-state index in [4.69, 9.17) is 18.7 Å². The van der Waals surface area contributed by atoms with Crippen LogP contribution in [0.2, 0.25) is 0 Å². The molecule has 124 valence electrons. The molecule has 0 radical (unpaired) electrons. The Morgan fingerprint density at radius 1 is 1.26 bits per heavy atom. The monoisotopic (exact) mass is 319 g/mol. The molecule has 1 aliphatic heterocycles. The van der Waals surface area contributed by atoms with E-state index in [-0.39, 0.29) is 0 Å². The van der Waals surface area contributed by atoms with Crippen molar-refractivity contribution < 1.29 is 18.7 Å². The number of hydrogen-bond acceptors (Lipinski definition) is 7. The van der Waals surface area contributed by atoms with Crippen molar-refractivity contribution >= 4 is 0 Å². The topological polar surface area (TPSA) is 69.9 Å². The fourth-order valence-corrected chi connectivity index (χ4v) is 2.58. The zero-order chi connectivity index (χ0) is 16.2. The highest BCUT2D eigenvalue weighted by Gasteiger charge is 2.21. The van der Waals surface area contributed by atoms with Crippen LogP contribution in [0.5, 0.6) is 11.5 Å². The Balaban J connectivity index is 1.76. The van der Waals surface area contributed by atoms with Crippen LogP contribution in [-0.2, 0) is 11.3 Å². The molecule has 2 aromatic rings. The molecule has 0 spiro atoms. The smallest absolute Gasteiger partial charge is 0.241 e. The minimum absolute atomic E-state index is 0.347. The van der Waals surface area contributed by atoms with Gasteiger partial charge in [-0.2, -0.15) is 4.98 Å². The Kier molecular flexibility index (Phi) is 4.78. The Hall–Kier alpha value is -2.12. The summed E-state index contributed by atoms with van der Waals surface area (Å²) in [5.41, 5.74) is 0.827. The molecule has 7 nitrogen and oxygen atoms in total. The summed E-state index contributed by atoms with van der Waals surface area (Å²) >= 11 is 0. The molecule has 23 heavy (non-hydrogen) atoms. The highest BCUT2D eigenvalue weighted by atomic mass is 16.5. The van der Waals surface area contributed by atoms with Crippen LogP contribution in [0.15, 0.2) is 22.7 Å². The van der Waals surface area contributed by atoms with Crippen molar-refractivity contribution in [2.45, 2.75) is 19.5 Å². The minimum atomic E-state index is 0.347. The molecule has 0 amide bonds. The normalized spacial score (nSPS) is 18.8. The van der Waals surface area contributed by atoms with E-state index in [1.54, 1.807) is 14.2 Å². The SMILES string of the molecule is COc1ccc(-c2noc(CN3CCOC[C@@H]3C)n2)cc1OC. The molecule has 2 heterocycles. The van der Waals surface area contributed by atoms with Crippen LogP contribution in [0.25, 0.3) is 11.4 Å². The van der Waals surface area contributed by atoms with Gasteiger partial charge in [0, 0.05) is 18.2 Å². The van der Waals surface area contributed by atoms with E-state index in [0.717, 1.165) is 25.3 Å². The average Bonchev–Trinajstić information content (AvgIpc) is 3.05. The van der Waals surface area contributed by atoms with Crippen molar-refractivity contribution in [2.24, 2.45) is 0 Å². The summed E-state index contributed by atoms with van der Waals surface area (Å²) in [6.45, 7) is 5.10. The van der Waals surface area contributed by atoms with Gasteiger partial charge < -0.3 is 18.7 Å². The molecule has 1 atom stereocenters. The van der Waals surface area contributed by atoms with Gasteiger partial charge >= 0.3 is 0 Å². The molecule has 0 unspecified atom stereocenters. The van der Waals surface area contributed by atoms with E-state index >= 15 is 0 Å². The van der Waals surface area contributed by atoms with Gasteiger partial charge in [0.25, 0.3) is 0 Å². The Labute approximate surface area is 135 Å². The Bertz CT molecular complexity index is 659. The zero-order valence-corrected chi connectivity index (χ0v) is 13.6. The number of hydrogen-bond donors (Lipinski definition) is 0. The van der Waals surface area contributed by atoms with Crippen molar-refractivity contribution in [3.05, 3.63) is 24.1 Å². The summed E-state index contributed by atoms with van der Waals surface area (Å²) in [5.74, 6) is 2.45. The van der Waals surface area contributed by atoms with E-state index in [0.29, 0.717) is 35.8 Å². The second-order valence-corrected chi connectivity index (χ2v) is 5.48. The van der Waals surface area contributed by atoms with Crippen molar-refractivity contribution in [1.29, 1.82) is 0 Å². The standard InChI is InChI=1S/C16H21N3O4/c1-11-10-22-7-6-19(11)9-15-17-16(18-23-15)12-4-5-13(20-2)14(8-12)21-3/h4-5,8,11H,6-7,9-10H2,1-3H3/t11-/m0/s1. The lowest BCUT2D eigenvalue weighted by molar-refractivity contribution is -0.00852. The van der Waals surface area contributed by atoms with Gasteiger partial charge in [0.15, 0.2) is 11.5 Å². The summed E-state index contributed by atoms with van der Waals surface area (Å²) in [6.07, 6.45) is 0. The van der Waals surface area contributed by atoms with Crippen molar-refractivity contribution in [1.82, 2.24) is 15.0 Å². The quantitative estimate of drug-likeness (QED) is 0.834. The fourth-order valence-electron chi connectivity index (χ4n) is 2.58. The summed E-state index contributed by atoms with van der Waals surface area (Å²) in [5, 5.41) is 4.07. The molecule has 3 rings (SSSR count). The van der Waals surface area contributed by atoms with Crippen LogP contribution >= 0.6 is 0 Å². The molecule has 1 aliphatic rings. The van der Waals surface area contributed by atoms with Crippen LogP contribution in [0.1, 0.15) is 12.8 Å². The number of morpholine rings is 1. The summed E-state index contributed by atoms with van der Waals surface area (Å²) in [6, 6.07) is 5.90. The summed E-state index contributed by atoms with van der Waals surface area (Å²) in [4.78, 5) is 6.76. The summed E-state index contributed by atoms with van der Waals surface area (Å²) < 4.78 is 21.4. The summed E-state index contributed by atoms with van der Waals surface area (Å²) in [7, 11) is 3.20. The second kappa shape index (κ2) is 6.97. The van der Waals surface area contributed by atoms with Gasteiger partial charge in [0.2, 0.25) is 11.7 Å². The zero-order valence-electron chi connectivity index (χ0n) is 13.6. The largest absolute Gasteiger partial charge is 0.493 e. The van der Waals surface area contributed by atoms with Crippen LogP contribution < -0.4 is 9.47 Å². The maximum atomic E-state index is 5.44. The minimum Gasteiger partial charge on any atom is -0.493 e. The first-order valence-electron chi connectivity index (χ1n) is 7.58. The van der Waals surface area contributed by atoms with E-state index < -0.39 is 0 Å². The third-order valence-corrected chi connectivity index (χ3v) is 3.95. The molecule has 0 bridgehead atoms. The molecule has 7 heteroatoms. The van der Waals surface area contributed by atoms with E-state index in [1.807, 2.05) is 18.2 Å². The average molecular weight is 319 g/mol. The molecule has 0 saturated carbocycles. The first-order chi connectivity index (χ1) is 11.2. The fraction of sp³-hybridized carbons (Fsp3) is 0.500. The van der Waals surface area contributed by atoms with E-state index in [9.17, 15) is 0 Å². The van der Waals surface area contributed by atoms with Gasteiger partial charge in [-0.3, -0.25) is 4.90 Å². The number of methoxy groups -OCH3 is 2. The molecule has 1 saturated heterocycles. The predicted octanol–water partition coefficient (Wildman–Crippen LogP) is 1.97. The van der Waals surface area contributed by atoms with Gasteiger partial charge in [0.05, 0.1) is 34.0 Å². The second-order valence-electron chi connectivity index (χ2n) is 5.48. The molecule has 0 aliphatic carbocycles. The first-order valence-corrected chi connectivity index (χ1v) is 7.58. The van der Waals surface area contributed by atoms with Gasteiger partial charge in [0.1, 0.15) is 0 Å². The lowest BCUT2D eigenvalue weighted by atomic mass is 10.2. The van der Waals surface area contributed by atoms with Crippen molar-refractivity contribution in [2.75, 3.05) is 34.0 Å². The number of benzene rings is 1. The van der Waals surface area contributed by atoms with Crippen LogP contribution in [0.3, 0.4) is 0 Å². The molecular formula is C16H21N3O4. The lowest BCUT2D eigenvalue weighted by Gasteiger charge is -2.31. The van der Waals surface area contributed by atoms with Crippen LogP contribution in [-0.4, -0.2) is 55.1 Å². The van der Waals surface area contributed by atoms with E-state index in [1.165, 1.54) is 0 Å². The predicted molar refractivity (Wildman–Crippen MR) is 83.5 cm³/mol. The molecule has 1 aromatic heterocycles. The lowest BCUT2D eigenvalue weighted by Crippen LogP contribution is -2.42. The maximum absolute atomic E-state index is 5.44. The molecule has 1 fully saturated rings. The van der Waals surface area contributed by atoms with Crippen molar-refractivity contribution in [3.8, 4) is 22.9 Å². The number of ether oxygens (including phenoxy) is 3. The Morgan fingerprint density at radius 3 is 2.83 bits per heavy atom. The number of aromatic nitrogens is 2. The van der Waals surface area contributed by atoms with Gasteiger partial charge in [-0.25, -0.2) is 0 Å². The number of rotatable bonds is 5. The van der Waals surface area contributed by atoms with E-state index in [2.05, 4.69) is 22.0 Å². The van der Waals surface area contributed by atoms with Gasteiger partial charge in [-0.1, -0.05) is 5.16 Å². The molecule has 1 aromatic carbocycles. The Morgan fingerprint density at radius 2 is 2.09 bits per heavy atom. The van der Waals surface area contributed by atoms with Gasteiger partial charge in [-0.15, -0.1) is 0 Å². The highest BCUT2D eigenvalue weighted by molar-refractivity contribution is 5.60. The first kappa shape index (κ1) is 15.8. The van der Waals surface area contributed by atoms with Gasteiger partial charge in [-0.05, 0) is 25.1 Å². The number of nitrogens with zero attached hydrogens (tertiary/aromatic N) is 3. The van der Waals surface area contributed by atoms with Crippen LogP contribution in [0, 0.1) is 0 Å². The molecule has 0 N–H and O–H groups in total.